The van der Waals surface area contributed by atoms with E-state index in [1.165, 1.54) is 0 Å². The van der Waals surface area contributed by atoms with E-state index in [2.05, 4.69) is 44.3 Å². The molecule has 0 bridgehead atoms. The highest BCUT2D eigenvalue weighted by atomic mass is 28.4. The summed E-state index contributed by atoms with van der Waals surface area (Å²) in [5.74, 6) is 0.102. The summed E-state index contributed by atoms with van der Waals surface area (Å²) in [5.41, 5.74) is 0.299. The van der Waals surface area contributed by atoms with Crippen molar-refractivity contribution in [1.82, 2.24) is 5.32 Å². The molecule has 1 N–H and O–H groups in total. The molecule has 0 saturated carbocycles. The molecule has 1 amide bonds. The van der Waals surface area contributed by atoms with E-state index in [-0.39, 0.29) is 17.1 Å². The number of carbonyl (C=O) groups is 1. The SMILES string of the molecule is CC1C(CNC(=O)OC(C)(C)C)=NOC1CO[Si](C)(C)C(C)(C)C. The van der Waals surface area contributed by atoms with Crippen LogP contribution in [0.15, 0.2) is 5.16 Å². The van der Waals surface area contributed by atoms with Crippen LogP contribution in [0.3, 0.4) is 0 Å². The second kappa shape index (κ2) is 7.43. The minimum atomic E-state index is -1.81. The van der Waals surface area contributed by atoms with Crippen molar-refractivity contribution in [3.05, 3.63) is 0 Å². The van der Waals surface area contributed by atoms with Gasteiger partial charge in [-0.05, 0) is 38.9 Å². The molecule has 0 aliphatic carbocycles. The lowest BCUT2D eigenvalue weighted by Gasteiger charge is -2.36. The van der Waals surface area contributed by atoms with Crippen molar-refractivity contribution in [2.75, 3.05) is 13.2 Å². The Bertz CT molecular complexity index is 478. The third-order valence-corrected chi connectivity index (χ3v) is 9.12. The number of oxime groups is 1. The van der Waals surface area contributed by atoms with Gasteiger partial charge in [-0.2, -0.15) is 0 Å². The second-order valence-corrected chi connectivity index (χ2v) is 13.8. The molecular formula is C17H34N2O4Si. The molecule has 0 spiro atoms. The lowest BCUT2D eigenvalue weighted by molar-refractivity contribution is 0.0248. The molecule has 140 valence electrons. The summed E-state index contributed by atoms with van der Waals surface area (Å²) < 4.78 is 11.4. The molecule has 0 fully saturated rings. The van der Waals surface area contributed by atoms with Gasteiger partial charge in [-0.1, -0.05) is 32.9 Å². The predicted octanol–water partition coefficient (Wildman–Crippen LogP) is 3.92. The lowest BCUT2D eigenvalue weighted by atomic mass is 10.0. The summed E-state index contributed by atoms with van der Waals surface area (Å²) in [6.45, 7) is 19.5. The maximum atomic E-state index is 11.7. The van der Waals surface area contributed by atoms with Gasteiger partial charge in [0.1, 0.15) is 5.60 Å². The summed E-state index contributed by atoms with van der Waals surface area (Å²) in [6, 6.07) is 0. The van der Waals surface area contributed by atoms with Gasteiger partial charge in [0.15, 0.2) is 14.4 Å². The number of amides is 1. The molecule has 7 heteroatoms. The van der Waals surface area contributed by atoms with Crippen LogP contribution < -0.4 is 5.32 Å². The smallest absolute Gasteiger partial charge is 0.407 e. The number of rotatable bonds is 5. The number of ether oxygens (including phenoxy) is 1. The molecule has 1 aliphatic rings. The fraction of sp³-hybridized carbons (Fsp3) is 0.882. The van der Waals surface area contributed by atoms with E-state index in [1.54, 1.807) is 0 Å². The van der Waals surface area contributed by atoms with Gasteiger partial charge in [0, 0.05) is 5.92 Å². The molecule has 24 heavy (non-hydrogen) atoms. The minimum absolute atomic E-state index is 0.102. The summed E-state index contributed by atoms with van der Waals surface area (Å²) in [7, 11) is -1.81. The molecule has 0 saturated heterocycles. The van der Waals surface area contributed by atoms with E-state index in [0.29, 0.717) is 13.2 Å². The quantitative estimate of drug-likeness (QED) is 0.756. The number of carbonyl (C=O) groups excluding carboxylic acids is 1. The molecule has 1 heterocycles. The molecule has 1 aliphatic heterocycles. The largest absolute Gasteiger partial charge is 0.444 e. The van der Waals surface area contributed by atoms with E-state index >= 15 is 0 Å². The monoisotopic (exact) mass is 358 g/mol. The third-order valence-electron chi connectivity index (χ3n) is 4.62. The van der Waals surface area contributed by atoms with Crippen LogP contribution in [0.25, 0.3) is 0 Å². The Morgan fingerprint density at radius 1 is 1.25 bits per heavy atom. The van der Waals surface area contributed by atoms with Gasteiger partial charge in [0.05, 0.1) is 18.9 Å². The highest BCUT2D eigenvalue weighted by Gasteiger charge is 2.39. The molecule has 2 atom stereocenters. The van der Waals surface area contributed by atoms with Gasteiger partial charge >= 0.3 is 6.09 Å². The molecule has 0 aromatic rings. The number of alkyl carbamates (subject to hydrolysis) is 1. The van der Waals surface area contributed by atoms with Gasteiger partial charge < -0.3 is 19.3 Å². The normalized spacial score (nSPS) is 22.0. The molecular weight excluding hydrogens is 324 g/mol. The summed E-state index contributed by atoms with van der Waals surface area (Å²) in [4.78, 5) is 17.2. The van der Waals surface area contributed by atoms with Crippen LogP contribution >= 0.6 is 0 Å². The fourth-order valence-corrected chi connectivity index (χ4v) is 2.89. The first kappa shape index (κ1) is 21.0. The van der Waals surface area contributed by atoms with Crippen LogP contribution in [-0.2, 0) is 14.0 Å². The Morgan fingerprint density at radius 2 is 1.83 bits per heavy atom. The number of hydrogen-bond acceptors (Lipinski definition) is 5. The molecule has 6 nitrogen and oxygen atoms in total. The van der Waals surface area contributed by atoms with Crippen molar-refractivity contribution >= 4 is 20.1 Å². The average Bonchev–Trinajstić information content (AvgIpc) is 2.71. The van der Waals surface area contributed by atoms with Crippen LogP contribution in [0.2, 0.25) is 18.1 Å². The fourth-order valence-electron chi connectivity index (χ4n) is 1.88. The van der Waals surface area contributed by atoms with E-state index in [4.69, 9.17) is 14.0 Å². The van der Waals surface area contributed by atoms with Gasteiger partial charge in [0.25, 0.3) is 0 Å². The Morgan fingerprint density at radius 3 is 2.33 bits per heavy atom. The molecule has 1 rings (SSSR count). The van der Waals surface area contributed by atoms with Gasteiger partial charge in [-0.3, -0.25) is 0 Å². The zero-order valence-corrected chi connectivity index (χ0v) is 17.6. The summed E-state index contributed by atoms with van der Waals surface area (Å²) in [5, 5.41) is 7.00. The summed E-state index contributed by atoms with van der Waals surface area (Å²) in [6.07, 6.45) is -0.548. The van der Waals surface area contributed by atoms with Crippen LogP contribution in [-0.4, -0.2) is 45.0 Å². The van der Waals surface area contributed by atoms with Crippen LogP contribution in [0, 0.1) is 5.92 Å². The maximum Gasteiger partial charge on any atom is 0.407 e. The topological polar surface area (TPSA) is 69.2 Å². The highest BCUT2D eigenvalue weighted by Crippen LogP contribution is 2.37. The minimum Gasteiger partial charge on any atom is -0.444 e. The second-order valence-electron chi connectivity index (χ2n) is 8.94. The van der Waals surface area contributed by atoms with E-state index in [9.17, 15) is 4.79 Å². The van der Waals surface area contributed by atoms with Crippen molar-refractivity contribution in [3.63, 3.8) is 0 Å². The number of nitrogens with one attached hydrogen (secondary N) is 1. The first-order chi connectivity index (χ1) is 10.7. The van der Waals surface area contributed by atoms with E-state index in [0.717, 1.165) is 5.71 Å². The van der Waals surface area contributed by atoms with Crippen molar-refractivity contribution in [3.8, 4) is 0 Å². The average molecular weight is 359 g/mol. The molecule has 0 radical (unpaired) electrons. The third kappa shape index (κ3) is 6.09. The predicted molar refractivity (Wildman–Crippen MR) is 98.9 cm³/mol. The first-order valence-electron chi connectivity index (χ1n) is 8.56. The summed E-state index contributed by atoms with van der Waals surface area (Å²) >= 11 is 0. The van der Waals surface area contributed by atoms with Crippen LogP contribution in [0.5, 0.6) is 0 Å². The molecule has 0 aromatic carbocycles. The zero-order chi connectivity index (χ0) is 18.8. The van der Waals surface area contributed by atoms with Crippen LogP contribution in [0.1, 0.15) is 48.5 Å². The van der Waals surface area contributed by atoms with Crippen molar-refractivity contribution < 1.29 is 18.8 Å². The molecule has 0 aromatic heterocycles. The highest BCUT2D eigenvalue weighted by molar-refractivity contribution is 6.74. The molecule has 2 unspecified atom stereocenters. The Balaban J connectivity index is 2.45. The van der Waals surface area contributed by atoms with Gasteiger partial charge in [0.2, 0.25) is 0 Å². The lowest BCUT2D eigenvalue weighted by Crippen LogP contribution is -2.44. The van der Waals surface area contributed by atoms with Crippen LogP contribution in [0.4, 0.5) is 4.79 Å². The Kier molecular flexibility index (Phi) is 6.49. The first-order valence-corrected chi connectivity index (χ1v) is 11.5. The number of hydrogen-bond donors (Lipinski definition) is 1. The van der Waals surface area contributed by atoms with Gasteiger partial charge in [-0.15, -0.1) is 0 Å². The van der Waals surface area contributed by atoms with E-state index in [1.807, 2.05) is 27.7 Å². The maximum absolute atomic E-state index is 11.7. The van der Waals surface area contributed by atoms with Crippen molar-refractivity contribution in [2.24, 2.45) is 11.1 Å². The number of nitrogens with zero attached hydrogens (tertiary/aromatic N) is 1. The Labute approximate surface area is 147 Å². The Hall–Kier alpha value is -1.08. The van der Waals surface area contributed by atoms with Crippen molar-refractivity contribution in [2.45, 2.75) is 78.3 Å². The van der Waals surface area contributed by atoms with E-state index < -0.39 is 20.0 Å². The van der Waals surface area contributed by atoms with Gasteiger partial charge in [-0.25, -0.2) is 4.79 Å². The van der Waals surface area contributed by atoms with Crippen molar-refractivity contribution in [1.29, 1.82) is 0 Å². The standard InChI is InChI=1S/C17H34N2O4Si/c1-12-13(10-18-15(20)22-16(2,3)4)19-23-14(12)11-21-24(8,9)17(5,6)7/h12,14H,10-11H2,1-9H3,(H,18,20). The zero-order valence-electron chi connectivity index (χ0n) is 16.6.